The molecular formula is C14H15N5O2S. The number of nitrogens with two attached hydrogens (primary N) is 1. The van der Waals surface area contributed by atoms with Crippen LogP contribution in [0.15, 0.2) is 35.7 Å². The van der Waals surface area contributed by atoms with E-state index in [9.17, 15) is 0 Å². The van der Waals surface area contributed by atoms with Gasteiger partial charge in [0.05, 0.1) is 13.7 Å². The number of methoxy groups -OCH3 is 1. The lowest BCUT2D eigenvalue weighted by Crippen LogP contribution is -2.00. The molecule has 0 aliphatic carbocycles. The van der Waals surface area contributed by atoms with E-state index in [0.29, 0.717) is 23.6 Å². The van der Waals surface area contributed by atoms with E-state index < -0.39 is 0 Å². The summed E-state index contributed by atoms with van der Waals surface area (Å²) in [4.78, 5) is 15.4. The molecule has 2 heterocycles. The molecule has 0 amide bonds. The lowest BCUT2D eigenvalue weighted by Gasteiger charge is -2.06. The van der Waals surface area contributed by atoms with Gasteiger partial charge in [-0.1, -0.05) is 11.8 Å². The van der Waals surface area contributed by atoms with Gasteiger partial charge in [0.2, 0.25) is 0 Å². The van der Waals surface area contributed by atoms with Crippen molar-refractivity contribution in [1.82, 2.24) is 19.9 Å². The molecule has 3 rings (SSSR count). The van der Waals surface area contributed by atoms with Crippen LogP contribution in [0.1, 0.15) is 0 Å². The second kappa shape index (κ2) is 6.52. The monoisotopic (exact) mass is 317 g/mol. The Kier molecular flexibility index (Phi) is 4.29. The number of ether oxygens (including phenoxy) is 2. The van der Waals surface area contributed by atoms with Crippen LogP contribution in [0.2, 0.25) is 0 Å². The molecule has 3 N–H and O–H groups in total. The van der Waals surface area contributed by atoms with Crippen molar-refractivity contribution < 1.29 is 9.47 Å². The number of benzene rings is 1. The zero-order valence-electron chi connectivity index (χ0n) is 11.9. The minimum atomic E-state index is 0.402. The van der Waals surface area contributed by atoms with Crippen LogP contribution in [-0.2, 0) is 0 Å². The van der Waals surface area contributed by atoms with E-state index in [1.54, 1.807) is 18.9 Å². The van der Waals surface area contributed by atoms with Crippen LogP contribution in [0.3, 0.4) is 0 Å². The Bertz CT molecular complexity index is 760. The molecule has 7 nitrogen and oxygen atoms in total. The first-order chi connectivity index (χ1) is 10.8. The summed E-state index contributed by atoms with van der Waals surface area (Å²) < 4.78 is 10.8. The van der Waals surface area contributed by atoms with E-state index in [1.807, 2.05) is 24.3 Å². The van der Waals surface area contributed by atoms with E-state index >= 15 is 0 Å². The third-order valence-electron chi connectivity index (χ3n) is 2.95. The maximum absolute atomic E-state index is 5.76. The van der Waals surface area contributed by atoms with Gasteiger partial charge in [-0.3, -0.25) is 0 Å². The number of hydrogen-bond donors (Lipinski definition) is 2. The third kappa shape index (κ3) is 3.22. The molecule has 0 unspecified atom stereocenters. The minimum Gasteiger partial charge on any atom is -0.497 e. The van der Waals surface area contributed by atoms with Crippen LogP contribution in [0.25, 0.3) is 11.2 Å². The highest BCUT2D eigenvalue weighted by Gasteiger charge is 2.07. The van der Waals surface area contributed by atoms with Crippen molar-refractivity contribution in [3.63, 3.8) is 0 Å². The fourth-order valence-corrected chi connectivity index (χ4v) is 2.55. The number of imidazole rings is 1. The second-order valence-corrected chi connectivity index (χ2v) is 5.46. The van der Waals surface area contributed by atoms with Crippen LogP contribution in [-0.4, -0.2) is 39.4 Å². The van der Waals surface area contributed by atoms with Crippen LogP contribution >= 0.6 is 11.8 Å². The second-order valence-electron chi connectivity index (χ2n) is 4.37. The first-order valence-electron chi connectivity index (χ1n) is 6.62. The summed E-state index contributed by atoms with van der Waals surface area (Å²) in [6.45, 7) is 0.565. The molecule has 1 aromatic carbocycles. The molecule has 0 aliphatic rings. The predicted octanol–water partition coefficient (Wildman–Crippen LogP) is 2.11. The van der Waals surface area contributed by atoms with Crippen LogP contribution < -0.4 is 15.2 Å². The van der Waals surface area contributed by atoms with E-state index in [2.05, 4.69) is 19.9 Å². The summed E-state index contributed by atoms with van der Waals surface area (Å²) in [7, 11) is 1.64. The number of rotatable bonds is 6. The van der Waals surface area contributed by atoms with Gasteiger partial charge in [0.25, 0.3) is 0 Å². The number of H-pyrrole nitrogens is 1. The van der Waals surface area contributed by atoms with E-state index in [-0.39, 0.29) is 0 Å². The summed E-state index contributed by atoms with van der Waals surface area (Å²) in [5.41, 5.74) is 7.00. The van der Waals surface area contributed by atoms with Crippen molar-refractivity contribution >= 4 is 28.7 Å². The van der Waals surface area contributed by atoms with Crippen molar-refractivity contribution in [2.45, 2.75) is 5.16 Å². The molecular weight excluding hydrogens is 302 g/mol. The summed E-state index contributed by atoms with van der Waals surface area (Å²) in [5.74, 6) is 2.77. The van der Waals surface area contributed by atoms with Crippen molar-refractivity contribution in [1.29, 1.82) is 0 Å². The number of hydrogen-bond acceptors (Lipinski definition) is 7. The van der Waals surface area contributed by atoms with Gasteiger partial charge in [-0.2, -0.15) is 0 Å². The number of nitrogens with zero attached hydrogens (tertiary/aromatic N) is 3. The van der Waals surface area contributed by atoms with Gasteiger partial charge >= 0.3 is 0 Å². The largest absolute Gasteiger partial charge is 0.497 e. The Balaban J connectivity index is 1.52. The Labute approximate surface area is 131 Å². The maximum Gasteiger partial charge on any atom is 0.183 e. The van der Waals surface area contributed by atoms with Crippen LogP contribution in [0.4, 0.5) is 5.82 Å². The van der Waals surface area contributed by atoms with Crippen molar-refractivity contribution in [3.05, 3.63) is 30.6 Å². The molecule has 0 saturated carbocycles. The zero-order chi connectivity index (χ0) is 15.4. The van der Waals surface area contributed by atoms with E-state index in [1.165, 1.54) is 6.33 Å². The Morgan fingerprint density at radius 3 is 2.68 bits per heavy atom. The maximum atomic E-state index is 5.76. The molecule has 0 aliphatic heterocycles. The molecule has 2 aromatic heterocycles. The molecule has 114 valence electrons. The summed E-state index contributed by atoms with van der Waals surface area (Å²) >= 11 is 1.54. The molecule has 22 heavy (non-hydrogen) atoms. The molecule has 0 atom stereocenters. The Morgan fingerprint density at radius 1 is 1.18 bits per heavy atom. The van der Waals surface area contributed by atoms with Gasteiger partial charge < -0.3 is 20.2 Å². The Morgan fingerprint density at radius 2 is 1.95 bits per heavy atom. The van der Waals surface area contributed by atoms with Gasteiger partial charge in [0.15, 0.2) is 16.6 Å². The number of anilines is 1. The molecule has 0 radical (unpaired) electrons. The van der Waals surface area contributed by atoms with Gasteiger partial charge in [0, 0.05) is 5.75 Å². The molecule has 8 heteroatoms. The highest BCUT2D eigenvalue weighted by atomic mass is 32.2. The van der Waals surface area contributed by atoms with Gasteiger partial charge in [-0.25, -0.2) is 15.0 Å². The third-order valence-corrected chi connectivity index (χ3v) is 3.78. The number of aromatic nitrogens is 4. The van der Waals surface area contributed by atoms with Crippen LogP contribution in [0, 0.1) is 0 Å². The first-order valence-corrected chi connectivity index (χ1v) is 7.60. The van der Waals surface area contributed by atoms with Gasteiger partial charge in [-0.05, 0) is 24.3 Å². The standard InChI is InChI=1S/C14H15N5O2S/c1-20-9-2-4-10(5-3-9)21-6-7-22-14-18-11-12(15)16-8-17-13(11)19-14/h2-5,8H,6-7H2,1H3,(H3,15,16,17,18,19). The minimum absolute atomic E-state index is 0.402. The summed E-state index contributed by atoms with van der Waals surface area (Å²) in [6, 6.07) is 7.48. The molecule has 0 bridgehead atoms. The fourth-order valence-electron chi connectivity index (χ4n) is 1.86. The number of fused-ring (bicyclic) bond motifs is 1. The smallest absolute Gasteiger partial charge is 0.183 e. The lowest BCUT2D eigenvalue weighted by atomic mass is 10.3. The van der Waals surface area contributed by atoms with Crippen molar-refractivity contribution in [2.75, 3.05) is 25.2 Å². The number of nitrogens with one attached hydrogen (secondary N) is 1. The highest BCUT2D eigenvalue weighted by molar-refractivity contribution is 7.99. The Hall–Kier alpha value is -2.48. The topological polar surface area (TPSA) is 98.9 Å². The lowest BCUT2D eigenvalue weighted by molar-refractivity contribution is 0.342. The predicted molar refractivity (Wildman–Crippen MR) is 85.3 cm³/mol. The van der Waals surface area contributed by atoms with Crippen LogP contribution in [0.5, 0.6) is 11.5 Å². The van der Waals surface area contributed by atoms with Gasteiger partial charge in [-0.15, -0.1) is 0 Å². The van der Waals surface area contributed by atoms with E-state index in [0.717, 1.165) is 22.4 Å². The van der Waals surface area contributed by atoms with Crippen molar-refractivity contribution in [3.8, 4) is 11.5 Å². The average molecular weight is 317 g/mol. The SMILES string of the molecule is COc1ccc(OCCSc2nc3ncnc(N)c3[nH]2)cc1. The van der Waals surface area contributed by atoms with E-state index in [4.69, 9.17) is 15.2 Å². The summed E-state index contributed by atoms with van der Waals surface area (Å²) in [5, 5.41) is 0.750. The van der Waals surface area contributed by atoms with Gasteiger partial charge in [0.1, 0.15) is 23.3 Å². The zero-order valence-corrected chi connectivity index (χ0v) is 12.8. The normalized spacial score (nSPS) is 10.8. The molecule has 3 aromatic rings. The molecule has 0 saturated heterocycles. The molecule has 0 spiro atoms. The first kappa shape index (κ1) is 14.5. The highest BCUT2D eigenvalue weighted by Crippen LogP contribution is 2.21. The number of aromatic amines is 1. The number of thioether (sulfide) groups is 1. The average Bonchev–Trinajstić information content (AvgIpc) is 2.97. The summed E-state index contributed by atoms with van der Waals surface area (Å²) in [6.07, 6.45) is 1.40. The quantitative estimate of drug-likeness (QED) is 0.530. The molecule has 0 fully saturated rings. The van der Waals surface area contributed by atoms with Crippen molar-refractivity contribution in [2.24, 2.45) is 0 Å². The fraction of sp³-hybridized carbons (Fsp3) is 0.214. The number of nitrogen functional groups attached to an aromatic ring is 1.